The predicted molar refractivity (Wildman–Crippen MR) is 136 cm³/mol. The summed E-state index contributed by atoms with van der Waals surface area (Å²) < 4.78 is 7.00. The fourth-order valence-electron chi connectivity index (χ4n) is 4.55. The summed E-state index contributed by atoms with van der Waals surface area (Å²) in [6, 6.07) is 19.2. The van der Waals surface area contributed by atoms with Crippen molar-refractivity contribution in [3.63, 3.8) is 0 Å². The Labute approximate surface area is 202 Å². The number of carbonyl (C=O) groups excluding carboxylic acids is 1. The highest BCUT2D eigenvalue weighted by atomic mass is 32.1. The molecule has 1 aliphatic rings. The number of aromatic hydroxyl groups is 2. The van der Waals surface area contributed by atoms with Crippen LogP contribution in [0.3, 0.4) is 0 Å². The number of nitrogens with one attached hydrogen (secondary N) is 1. The zero-order valence-electron chi connectivity index (χ0n) is 19.0. The van der Waals surface area contributed by atoms with Crippen LogP contribution in [0.15, 0.2) is 66.7 Å². The van der Waals surface area contributed by atoms with E-state index >= 15 is 0 Å². The second kappa shape index (κ2) is 9.49. The Hall–Kier alpha value is -3.35. The molecule has 0 spiro atoms. The zero-order valence-corrected chi connectivity index (χ0v) is 19.8. The summed E-state index contributed by atoms with van der Waals surface area (Å²) in [5.74, 6) is 1.49. The Kier molecular flexibility index (Phi) is 6.26. The van der Waals surface area contributed by atoms with Crippen LogP contribution in [-0.2, 0) is 0 Å². The van der Waals surface area contributed by atoms with Gasteiger partial charge in [0, 0.05) is 38.6 Å². The fourth-order valence-corrected chi connectivity index (χ4v) is 5.78. The van der Waals surface area contributed by atoms with E-state index in [1.165, 1.54) is 17.8 Å². The van der Waals surface area contributed by atoms with E-state index in [0.29, 0.717) is 17.0 Å². The minimum atomic E-state index is -0.0870. The monoisotopic (exact) mass is 473 g/mol. The van der Waals surface area contributed by atoms with Crippen molar-refractivity contribution >= 4 is 27.2 Å². The van der Waals surface area contributed by atoms with Gasteiger partial charge in [-0.05, 0) is 98.6 Å². The number of ketones is 1. The van der Waals surface area contributed by atoms with Crippen molar-refractivity contribution in [2.24, 2.45) is 5.92 Å². The number of ether oxygens (including phenoxy) is 1. The smallest absolute Gasteiger partial charge is 0.195 e. The Morgan fingerprint density at radius 3 is 2.47 bits per heavy atom. The van der Waals surface area contributed by atoms with Crippen molar-refractivity contribution in [2.75, 3.05) is 13.1 Å². The molecule has 0 radical (unpaired) electrons. The van der Waals surface area contributed by atoms with Gasteiger partial charge in [0.15, 0.2) is 5.78 Å². The average molecular weight is 474 g/mol. The molecular weight excluding hydrogens is 446 g/mol. The number of hydrogen-bond acceptors (Lipinski definition) is 6. The molecule has 1 aliphatic heterocycles. The van der Waals surface area contributed by atoms with Gasteiger partial charge in [0.1, 0.15) is 17.2 Å². The minimum absolute atomic E-state index is 0.0870. The summed E-state index contributed by atoms with van der Waals surface area (Å²) in [4.78, 5) is 14.5. The van der Waals surface area contributed by atoms with Gasteiger partial charge >= 0.3 is 0 Å². The molecule has 1 aromatic heterocycles. The summed E-state index contributed by atoms with van der Waals surface area (Å²) in [6.45, 7) is 4.15. The Bertz CT molecular complexity index is 1310. The first-order chi connectivity index (χ1) is 16.5. The van der Waals surface area contributed by atoms with Crippen LogP contribution >= 0.6 is 11.3 Å². The summed E-state index contributed by atoms with van der Waals surface area (Å²) >= 11 is 1.45. The molecule has 0 amide bonds. The van der Waals surface area contributed by atoms with Gasteiger partial charge in [-0.1, -0.05) is 0 Å². The summed E-state index contributed by atoms with van der Waals surface area (Å²) in [5.41, 5.74) is 2.02. The minimum Gasteiger partial charge on any atom is -0.508 e. The lowest BCUT2D eigenvalue weighted by Gasteiger charge is -2.28. The molecule has 2 heterocycles. The van der Waals surface area contributed by atoms with Crippen LogP contribution < -0.4 is 10.1 Å². The van der Waals surface area contributed by atoms with Gasteiger partial charge in [0.2, 0.25) is 0 Å². The number of hydrogen-bond donors (Lipinski definition) is 3. The van der Waals surface area contributed by atoms with Crippen molar-refractivity contribution < 1.29 is 19.7 Å². The number of fused-ring (bicyclic) bond motifs is 1. The number of rotatable bonds is 6. The highest BCUT2D eigenvalue weighted by Gasteiger charge is 2.23. The normalized spacial score (nSPS) is 16.9. The number of benzene rings is 3. The third-order valence-corrected chi connectivity index (χ3v) is 7.67. The van der Waals surface area contributed by atoms with E-state index in [1.807, 2.05) is 24.3 Å². The first kappa shape index (κ1) is 22.4. The van der Waals surface area contributed by atoms with Gasteiger partial charge in [0.25, 0.3) is 0 Å². The molecule has 174 valence electrons. The van der Waals surface area contributed by atoms with Crippen LogP contribution in [0.5, 0.6) is 17.2 Å². The SMILES string of the molecule is CC(Oc1ccc(C(=O)c2c(-c3ccc(O)cc3)sc3cc(O)ccc23)cc1)C1CCCNC1. The first-order valence-electron chi connectivity index (χ1n) is 11.6. The van der Waals surface area contributed by atoms with Crippen molar-refractivity contribution in [2.45, 2.75) is 25.9 Å². The van der Waals surface area contributed by atoms with E-state index in [2.05, 4.69) is 12.2 Å². The van der Waals surface area contributed by atoms with E-state index in [9.17, 15) is 15.0 Å². The lowest BCUT2D eigenvalue weighted by Crippen LogP contribution is -2.37. The molecular formula is C28H27NO4S. The maximum Gasteiger partial charge on any atom is 0.195 e. The average Bonchev–Trinajstić information content (AvgIpc) is 3.23. The van der Waals surface area contributed by atoms with Crippen LogP contribution in [0.4, 0.5) is 0 Å². The molecule has 2 unspecified atom stereocenters. The fraction of sp³-hybridized carbons (Fsp3) is 0.250. The second-order valence-electron chi connectivity index (χ2n) is 8.82. The molecule has 5 rings (SSSR count). The van der Waals surface area contributed by atoms with E-state index < -0.39 is 0 Å². The first-order valence-corrected chi connectivity index (χ1v) is 12.4. The zero-order chi connectivity index (χ0) is 23.7. The van der Waals surface area contributed by atoms with E-state index in [0.717, 1.165) is 45.8 Å². The molecule has 3 aromatic carbocycles. The molecule has 0 bridgehead atoms. The molecule has 5 nitrogen and oxygen atoms in total. The molecule has 3 N–H and O–H groups in total. The molecule has 0 aliphatic carbocycles. The lowest BCUT2D eigenvalue weighted by atomic mass is 9.94. The lowest BCUT2D eigenvalue weighted by molar-refractivity contribution is 0.104. The Balaban J connectivity index is 1.45. The van der Waals surface area contributed by atoms with Gasteiger partial charge in [-0.15, -0.1) is 11.3 Å². The number of piperidine rings is 1. The van der Waals surface area contributed by atoms with Crippen molar-refractivity contribution in [3.8, 4) is 27.7 Å². The van der Waals surface area contributed by atoms with Crippen molar-refractivity contribution in [1.82, 2.24) is 5.32 Å². The molecule has 6 heteroatoms. The van der Waals surface area contributed by atoms with E-state index in [4.69, 9.17) is 4.74 Å². The molecule has 1 saturated heterocycles. The summed E-state index contributed by atoms with van der Waals surface area (Å²) in [6.07, 6.45) is 2.43. The van der Waals surface area contributed by atoms with Crippen molar-refractivity contribution in [1.29, 1.82) is 0 Å². The number of carbonyl (C=O) groups is 1. The quantitative estimate of drug-likeness (QED) is 0.300. The van der Waals surface area contributed by atoms with Gasteiger partial charge in [-0.3, -0.25) is 4.79 Å². The van der Waals surface area contributed by atoms with Crippen LogP contribution in [-0.4, -0.2) is 35.2 Å². The highest BCUT2D eigenvalue weighted by Crippen LogP contribution is 2.41. The van der Waals surface area contributed by atoms with E-state index in [-0.39, 0.29) is 23.4 Å². The maximum absolute atomic E-state index is 13.7. The molecule has 0 saturated carbocycles. The molecule has 2 atom stereocenters. The molecule has 4 aromatic rings. The van der Waals surface area contributed by atoms with Crippen LogP contribution in [0.2, 0.25) is 0 Å². The summed E-state index contributed by atoms with van der Waals surface area (Å²) in [5, 5.41) is 23.9. The standard InChI is InChI=1S/C28H27NO4S/c1-17(20-3-2-14-29-16-20)33-23-11-6-18(7-12-23)27(32)26-24-13-10-22(31)15-25(24)34-28(26)19-4-8-21(30)9-5-19/h4-13,15,17,20,29-31H,2-3,14,16H2,1H3. The highest BCUT2D eigenvalue weighted by molar-refractivity contribution is 7.22. The molecule has 1 fully saturated rings. The number of thiophene rings is 1. The second-order valence-corrected chi connectivity index (χ2v) is 9.87. The largest absolute Gasteiger partial charge is 0.508 e. The third kappa shape index (κ3) is 4.52. The van der Waals surface area contributed by atoms with Crippen LogP contribution in [0.25, 0.3) is 20.5 Å². The predicted octanol–water partition coefficient (Wildman–Crippen LogP) is 5.98. The number of phenolic OH excluding ortho intramolecular Hbond substituents is 2. The summed E-state index contributed by atoms with van der Waals surface area (Å²) in [7, 11) is 0. The van der Waals surface area contributed by atoms with Gasteiger partial charge in [0.05, 0.1) is 6.10 Å². The van der Waals surface area contributed by atoms with Crippen LogP contribution in [0, 0.1) is 5.92 Å². The van der Waals surface area contributed by atoms with Gasteiger partial charge < -0.3 is 20.3 Å². The Morgan fingerprint density at radius 1 is 1.03 bits per heavy atom. The van der Waals surface area contributed by atoms with Crippen molar-refractivity contribution in [3.05, 3.63) is 77.9 Å². The maximum atomic E-state index is 13.7. The van der Waals surface area contributed by atoms with Gasteiger partial charge in [-0.25, -0.2) is 0 Å². The number of phenols is 2. The topological polar surface area (TPSA) is 78.8 Å². The Morgan fingerprint density at radius 2 is 1.76 bits per heavy atom. The van der Waals surface area contributed by atoms with E-state index in [1.54, 1.807) is 42.5 Å². The van der Waals surface area contributed by atoms with Gasteiger partial charge in [-0.2, -0.15) is 0 Å². The third-order valence-electron chi connectivity index (χ3n) is 6.47. The van der Waals surface area contributed by atoms with Crippen LogP contribution in [0.1, 0.15) is 35.7 Å². The molecule has 34 heavy (non-hydrogen) atoms.